The van der Waals surface area contributed by atoms with Crippen LogP contribution in [0.2, 0.25) is 5.02 Å². The van der Waals surface area contributed by atoms with Crippen LogP contribution >= 0.6 is 19.4 Å². The summed E-state index contributed by atoms with van der Waals surface area (Å²) in [4.78, 5) is 30.0. The van der Waals surface area contributed by atoms with Crippen LogP contribution in [0.4, 0.5) is 5.69 Å². The fraction of sp³-hybridized carbons (Fsp3) is 0.538. The first-order chi connectivity index (χ1) is 24.3. The molecule has 1 aromatic heterocycles. The van der Waals surface area contributed by atoms with Gasteiger partial charge in [0.05, 0.1) is 13.2 Å². The second-order valence-corrected chi connectivity index (χ2v) is 17.0. The summed E-state index contributed by atoms with van der Waals surface area (Å²) in [6.07, 6.45) is 8.85. The van der Waals surface area contributed by atoms with Crippen LogP contribution in [-0.2, 0) is 32.1 Å². The Morgan fingerprint density at radius 1 is 1.16 bits per heavy atom. The molecule has 3 aliphatic carbocycles. The van der Waals surface area contributed by atoms with Crippen LogP contribution in [0, 0.1) is 11.8 Å². The van der Waals surface area contributed by atoms with Gasteiger partial charge in [-0.2, -0.15) is 0 Å². The number of fused-ring (bicyclic) bond motifs is 3. The van der Waals surface area contributed by atoms with E-state index in [1.165, 1.54) is 5.56 Å². The van der Waals surface area contributed by atoms with Crippen molar-refractivity contribution >= 4 is 31.1 Å². The maximum Gasteiger partial charge on any atom is 0.527 e. The van der Waals surface area contributed by atoms with Gasteiger partial charge in [0.15, 0.2) is 0 Å². The number of pyridine rings is 1. The summed E-state index contributed by atoms with van der Waals surface area (Å²) >= 11 is 6.26. The van der Waals surface area contributed by atoms with E-state index in [1.807, 2.05) is 55.5 Å². The number of hydrogen-bond acceptors (Lipinski definition) is 8. The van der Waals surface area contributed by atoms with E-state index < -0.39 is 19.3 Å². The number of aromatic nitrogens is 1. The van der Waals surface area contributed by atoms with Crippen LogP contribution in [0.1, 0.15) is 87.1 Å². The Morgan fingerprint density at radius 2 is 1.94 bits per heavy atom. The first-order valence-electron chi connectivity index (χ1n) is 18.1. The summed E-state index contributed by atoms with van der Waals surface area (Å²) in [6.45, 7) is 5.56. The minimum atomic E-state index is -4.36. The molecule has 0 aliphatic heterocycles. The molecule has 10 nitrogen and oxygen atoms in total. The number of anilines is 1. The zero-order valence-electron chi connectivity index (χ0n) is 30.1. The van der Waals surface area contributed by atoms with E-state index in [1.54, 1.807) is 18.2 Å². The number of carboxylic acid groups (broad SMARTS) is 1. The molecule has 3 N–H and O–H groups in total. The lowest BCUT2D eigenvalue weighted by atomic mass is 9.59. The number of carbonyl (C=O) groups is 1. The molecule has 0 bridgehead atoms. The van der Waals surface area contributed by atoms with Crippen molar-refractivity contribution in [1.82, 2.24) is 9.88 Å². The third-order valence-corrected chi connectivity index (χ3v) is 12.5. The molecule has 1 fully saturated rings. The van der Waals surface area contributed by atoms with E-state index in [0.29, 0.717) is 55.5 Å². The molecule has 51 heavy (non-hydrogen) atoms. The number of ether oxygens (including phenoxy) is 1. The zero-order chi connectivity index (χ0) is 36.4. The number of likely N-dealkylation sites (N-methyl/N-ethyl adjacent to an activating group) is 1. The number of carboxylic acids is 1. The molecule has 12 heteroatoms. The SMILES string of the molecule is C[C@@H](COc1ccnc2c1[C@H](C)CCC2)C[C@H]1Cc2ccc(OP(=O)(O)OCCN(C)C)cc2C12CCC(Nc1cccc(Cl)c1)(C(=O)O)CC2. The maximum absolute atomic E-state index is 12.9. The molecule has 1 spiro atoms. The van der Waals surface area contributed by atoms with Crippen molar-refractivity contribution in [2.24, 2.45) is 11.8 Å². The van der Waals surface area contributed by atoms with Gasteiger partial charge in [-0.25, -0.2) is 9.36 Å². The average molecular weight is 740 g/mol. The lowest BCUT2D eigenvalue weighted by molar-refractivity contribution is -0.144. The van der Waals surface area contributed by atoms with Crippen LogP contribution in [0.5, 0.6) is 11.5 Å². The third kappa shape index (κ3) is 8.42. The fourth-order valence-electron chi connectivity index (χ4n) is 8.63. The zero-order valence-corrected chi connectivity index (χ0v) is 31.7. The molecule has 2 aromatic carbocycles. The number of aliphatic carboxylic acids is 1. The average Bonchev–Trinajstić information content (AvgIpc) is 3.35. The van der Waals surface area contributed by atoms with Crippen LogP contribution in [0.15, 0.2) is 54.7 Å². The van der Waals surface area contributed by atoms with Crippen LogP contribution in [-0.4, -0.2) is 65.2 Å². The Kier molecular flexibility index (Phi) is 11.4. The summed E-state index contributed by atoms with van der Waals surface area (Å²) in [5.41, 5.74) is 3.76. The number of nitrogens with zero attached hydrogens (tertiary/aromatic N) is 2. The summed E-state index contributed by atoms with van der Waals surface area (Å²) in [6, 6.07) is 14.8. The highest BCUT2D eigenvalue weighted by molar-refractivity contribution is 7.47. The molecule has 4 atom stereocenters. The first-order valence-corrected chi connectivity index (χ1v) is 20.0. The molecule has 276 valence electrons. The predicted molar refractivity (Wildman–Crippen MR) is 199 cm³/mol. The van der Waals surface area contributed by atoms with Crippen molar-refractivity contribution in [2.45, 2.75) is 88.5 Å². The van der Waals surface area contributed by atoms with E-state index in [4.69, 9.17) is 25.4 Å². The standard InChI is InChI=1S/C39H51ClN3O7P/c1-26(25-48-35-13-18-41-34-10-5-7-27(2)36(34)35)21-29-22-28-11-12-32(50-51(46,47)49-20-19-43(3)4)24-33(28)38(29)14-16-39(17-15-38,37(44)45)42-31-9-6-8-30(40)23-31/h6,8-9,11-13,18,23-24,26-27,29,42H,5,7,10,14-17,19-22,25H2,1-4H3,(H,44,45)(H,46,47)/t26-,27-,29+,38?,39?/m1/s1. The lowest BCUT2D eigenvalue weighted by Gasteiger charge is -2.47. The highest BCUT2D eigenvalue weighted by Crippen LogP contribution is 2.57. The van der Waals surface area contributed by atoms with Gasteiger partial charge in [-0.05, 0) is 143 Å². The molecule has 3 aliphatic rings. The predicted octanol–water partition coefficient (Wildman–Crippen LogP) is 8.26. The molecule has 6 rings (SSSR count). The molecule has 0 amide bonds. The van der Waals surface area contributed by atoms with E-state index >= 15 is 0 Å². The molecule has 1 unspecified atom stereocenters. The largest absolute Gasteiger partial charge is 0.527 e. The van der Waals surface area contributed by atoms with Crippen LogP contribution in [0.25, 0.3) is 0 Å². The number of halogens is 1. The minimum absolute atomic E-state index is 0.0514. The highest BCUT2D eigenvalue weighted by Gasteiger charge is 2.54. The Morgan fingerprint density at radius 3 is 2.67 bits per heavy atom. The van der Waals surface area contributed by atoms with E-state index in [9.17, 15) is 19.4 Å². The number of aryl methyl sites for hydroxylation is 1. The Hall–Kier alpha value is -3.14. The monoisotopic (exact) mass is 739 g/mol. The summed E-state index contributed by atoms with van der Waals surface area (Å²) < 4.78 is 30.3. The first kappa shape index (κ1) is 37.6. The quantitative estimate of drug-likeness (QED) is 0.139. The number of phosphoric ester groups is 1. The van der Waals surface area contributed by atoms with Crippen molar-refractivity contribution < 1.29 is 33.1 Å². The van der Waals surface area contributed by atoms with Gasteiger partial charge in [-0.15, -0.1) is 0 Å². The van der Waals surface area contributed by atoms with Crippen molar-refractivity contribution in [3.8, 4) is 11.5 Å². The van der Waals surface area contributed by atoms with E-state index in [-0.39, 0.29) is 29.6 Å². The van der Waals surface area contributed by atoms with E-state index in [2.05, 4.69) is 24.1 Å². The molecule has 0 radical (unpaired) electrons. The number of hydrogen-bond donors (Lipinski definition) is 3. The molecular weight excluding hydrogens is 689 g/mol. The van der Waals surface area contributed by atoms with Gasteiger partial charge in [0.1, 0.15) is 17.0 Å². The second kappa shape index (κ2) is 15.5. The van der Waals surface area contributed by atoms with Crippen molar-refractivity contribution in [2.75, 3.05) is 39.2 Å². The number of nitrogens with one attached hydrogen (secondary N) is 1. The Bertz CT molecular complexity index is 1760. The smallest absolute Gasteiger partial charge is 0.493 e. The van der Waals surface area contributed by atoms with Gasteiger partial charge >= 0.3 is 13.8 Å². The summed E-state index contributed by atoms with van der Waals surface area (Å²) in [7, 11) is -0.645. The van der Waals surface area contributed by atoms with Gasteiger partial charge in [0, 0.05) is 34.7 Å². The van der Waals surface area contributed by atoms with Crippen molar-refractivity contribution in [3.63, 3.8) is 0 Å². The summed E-state index contributed by atoms with van der Waals surface area (Å²) in [5.74, 6) is 1.16. The van der Waals surface area contributed by atoms with Gasteiger partial charge in [-0.3, -0.25) is 14.4 Å². The Labute approximate surface area is 306 Å². The normalized spacial score (nSPS) is 25.9. The Balaban J connectivity index is 1.24. The van der Waals surface area contributed by atoms with Crippen LogP contribution in [0.3, 0.4) is 0 Å². The molecule has 3 aromatic rings. The minimum Gasteiger partial charge on any atom is -0.493 e. The van der Waals surface area contributed by atoms with Gasteiger partial charge in [-0.1, -0.05) is 37.6 Å². The molecule has 1 saturated carbocycles. The summed E-state index contributed by atoms with van der Waals surface area (Å²) in [5, 5.41) is 14.5. The lowest BCUT2D eigenvalue weighted by Crippen LogP contribution is -2.53. The second-order valence-electron chi connectivity index (χ2n) is 15.2. The fourth-order valence-corrected chi connectivity index (χ4v) is 9.57. The van der Waals surface area contributed by atoms with Gasteiger partial charge < -0.3 is 24.6 Å². The van der Waals surface area contributed by atoms with E-state index in [0.717, 1.165) is 54.7 Å². The van der Waals surface area contributed by atoms with Crippen molar-refractivity contribution in [3.05, 3.63) is 82.1 Å². The third-order valence-electron chi connectivity index (χ3n) is 11.3. The molecular formula is C39H51ClN3O7P. The van der Waals surface area contributed by atoms with Crippen molar-refractivity contribution in [1.29, 1.82) is 0 Å². The van der Waals surface area contributed by atoms with Crippen LogP contribution < -0.4 is 14.6 Å². The maximum atomic E-state index is 12.9. The number of benzene rings is 2. The topological polar surface area (TPSA) is 130 Å². The van der Waals surface area contributed by atoms with Gasteiger partial charge in [0.2, 0.25) is 0 Å². The highest BCUT2D eigenvalue weighted by atomic mass is 35.5. The van der Waals surface area contributed by atoms with Gasteiger partial charge in [0.25, 0.3) is 0 Å². The molecule has 1 heterocycles. The number of phosphoric acid groups is 1. The molecule has 0 saturated heterocycles. The number of rotatable bonds is 14.